The summed E-state index contributed by atoms with van der Waals surface area (Å²) in [5.74, 6) is 0. The second-order valence-corrected chi connectivity index (χ2v) is 7.29. The largest absolute Gasteiger partial charge is 0.399 e. The van der Waals surface area contributed by atoms with Gasteiger partial charge in [0, 0.05) is 11.8 Å². The first-order valence-electron chi connectivity index (χ1n) is 5.01. The quantitative estimate of drug-likeness (QED) is 0.614. The van der Waals surface area contributed by atoms with E-state index in [2.05, 4.69) is 0 Å². The van der Waals surface area contributed by atoms with Gasteiger partial charge in [0.25, 0.3) is 0 Å². The van der Waals surface area contributed by atoms with E-state index < -0.39 is 7.14 Å². The Labute approximate surface area is 85.9 Å². The fourth-order valence-electron chi connectivity index (χ4n) is 1.40. The molecule has 0 aromatic heterocycles. The first-order chi connectivity index (χ1) is 6.59. The number of rotatable bonds is 4. The van der Waals surface area contributed by atoms with Crippen molar-refractivity contribution in [2.24, 2.45) is 0 Å². The van der Waals surface area contributed by atoms with Crippen LogP contribution >= 0.6 is 7.14 Å². The first kappa shape index (κ1) is 11.3. The monoisotopic (exact) mass is 211 g/mol. The first-order valence-corrected chi connectivity index (χ1v) is 7.27. The molecule has 0 saturated carbocycles. The van der Waals surface area contributed by atoms with Gasteiger partial charge in [-0.3, -0.25) is 0 Å². The van der Waals surface area contributed by atoms with Gasteiger partial charge >= 0.3 is 0 Å². The summed E-state index contributed by atoms with van der Waals surface area (Å²) in [6, 6.07) is 7.66. The molecule has 0 amide bonds. The number of hydrogen-bond donors (Lipinski definition) is 1. The van der Waals surface area contributed by atoms with Crippen molar-refractivity contribution < 1.29 is 4.57 Å². The second kappa shape index (κ2) is 4.65. The normalized spacial score (nSPS) is 11.6. The van der Waals surface area contributed by atoms with Gasteiger partial charge in [-0.2, -0.15) is 0 Å². The molecule has 0 atom stereocenters. The Kier molecular flexibility index (Phi) is 3.77. The highest BCUT2D eigenvalue weighted by Crippen LogP contribution is 2.47. The molecule has 1 aromatic rings. The van der Waals surface area contributed by atoms with E-state index in [1.165, 1.54) is 0 Å². The lowest BCUT2D eigenvalue weighted by molar-refractivity contribution is 0.575. The van der Waals surface area contributed by atoms with Crippen molar-refractivity contribution in [1.29, 1.82) is 0 Å². The zero-order valence-electron chi connectivity index (χ0n) is 8.86. The maximum absolute atomic E-state index is 12.2. The zero-order chi connectivity index (χ0) is 10.6. The summed E-state index contributed by atoms with van der Waals surface area (Å²) in [6.07, 6.45) is 2.28. The average Bonchev–Trinajstić information content (AvgIpc) is 2.21. The van der Waals surface area contributed by atoms with Gasteiger partial charge < -0.3 is 10.3 Å². The van der Waals surface area contributed by atoms with E-state index in [0.717, 1.165) is 23.6 Å². The molecule has 0 radical (unpaired) electrons. The van der Waals surface area contributed by atoms with Gasteiger partial charge in [0.1, 0.15) is 0 Å². The molecule has 0 fully saturated rings. The molecule has 0 aliphatic carbocycles. The number of nitrogen functional groups attached to an aromatic ring is 1. The Hall–Kier alpha value is -0.750. The highest BCUT2D eigenvalue weighted by molar-refractivity contribution is 7.63. The fraction of sp³-hybridized carbons (Fsp3) is 0.455. The summed E-state index contributed by atoms with van der Waals surface area (Å²) in [5.41, 5.74) is 7.48. The maximum atomic E-state index is 12.2. The van der Waals surface area contributed by atoms with Crippen molar-refractivity contribution in [2.75, 3.05) is 18.1 Å². The minimum absolute atomic E-state index is 0.709. The third-order valence-corrected chi connectivity index (χ3v) is 5.85. The van der Waals surface area contributed by atoms with Crippen LogP contribution in [0.3, 0.4) is 0 Å². The molecule has 0 aliphatic heterocycles. The smallest absolute Gasteiger partial charge is 0.0914 e. The van der Waals surface area contributed by atoms with Crippen LogP contribution in [0.4, 0.5) is 5.69 Å². The Morgan fingerprint density at radius 1 is 1.14 bits per heavy atom. The molecule has 0 aliphatic rings. The molecule has 0 heterocycles. The Morgan fingerprint density at radius 3 is 2.07 bits per heavy atom. The third kappa shape index (κ3) is 2.88. The minimum atomic E-state index is -1.96. The molecular formula is C11H18NOP. The van der Waals surface area contributed by atoms with Gasteiger partial charge in [-0.25, -0.2) is 0 Å². The molecule has 78 valence electrons. The summed E-state index contributed by atoms with van der Waals surface area (Å²) >= 11 is 0. The van der Waals surface area contributed by atoms with Gasteiger partial charge in [-0.1, -0.05) is 26.0 Å². The third-order valence-electron chi connectivity index (χ3n) is 2.60. The molecule has 0 bridgehead atoms. The van der Waals surface area contributed by atoms with Crippen LogP contribution in [0.15, 0.2) is 24.3 Å². The number of hydrogen-bond acceptors (Lipinski definition) is 2. The van der Waals surface area contributed by atoms with E-state index in [1.54, 1.807) is 0 Å². The number of anilines is 1. The number of nitrogens with two attached hydrogens (primary N) is 1. The standard InChI is InChI=1S/C11H18NOP/c1-3-14(13,4-2)9-10-5-7-11(12)8-6-10/h5-8H,3-4,9,12H2,1-2H3. The van der Waals surface area contributed by atoms with E-state index in [9.17, 15) is 4.57 Å². The predicted octanol–water partition coefficient (Wildman–Crippen LogP) is 3.17. The van der Waals surface area contributed by atoms with Gasteiger partial charge in [-0.15, -0.1) is 0 Å². The highest BCUT2D eigenvalue weighted by Gasteiger charge is 2.16. The molecular weight excluding hydrogens is 193 g/mol. The van der Waals surface area contributed by atoms with Gasteiger partial charge in [0.05, 0.1) is 7.14 Å². The Balaban J connectivity index is 2.78. The fourth-order valence-corrected chi connectivity index (χ4v) is 3.17. The average molecular weight is 211 g/mol. The van der Waals surface area contributed by atoms with Crippen LogP contribution in [0.1, 0.15) is 19.4 Å². The molecule has 0 saturated heterocycles. The van der Waals surface area contributed by atoms with E-state index in [4.69, 9.17) is 5.73 Å². The SMILES string of the molecule is CCP(=O)(CC)Cc1ccc(N)cc1. The maximum Gasteiger partial charge on any atom is 0.0914 e. The van der Waals surface area contributed by atoms with Crippen molar-refractivity contribution in [1.82, 2.24) is 0 Å². The van der Waals surface area contributed by atoms with Crippen molar-refractivity contribution in [3.05, 3.63) is 29.8 Å². The van der Waals surface area contributed by atoms with E-state index >= 15 is 0 Å². The van der Waals surface area contributed by atoms with Crippen LogP contribution in [0.25, 0.3) is 0 Å². The van der Waals surface area contributed by atoms with Gasteiger partial charge in [0.2, 0.25) is 0 Å². The molecule has 14 heavy (non-hydrogen) atoms. The van der Waals surface area contributed by atoms with Crippen LogP contribution < -0.4 is 5.73 Å². The summed E-state index contributed by atoms with van der Waals surface area (Å²) in [4.78, 5) is 0. The molecule has 3 heteroatoms. The van der Waals surface area contributed by atoms with E-state index in [0.29, 0.717) is 6.16 Å². The topological polar surface area (TPSA) is 43.1 Å². The summed E-state index contributed by atoms with van der Waals surface area (Å²) in [7, 11) is -1.96. The Morgan fingerprint density at radius 2 is 1.64 bits per heavy atom. The molecule has 1 rings (SSSR count). The summed E-state index contributed by atoms with van der Waals surface area (Å²) in [6.45, 7) is 4.00. The van der Waals surface area contributed by atoms with Crippen LogP contribution in [-0.4, -0.2) is 12.3 Å². The van der Waals surface area contributed by atoms with Crippen molar-refractivity contribution in [2.45, 2.75) is 20.0 Å². The molecule has 2 N–H and O–H groups in total. The van der Waals surface area contributed by atoms with E-state index in [-0.39, 0.29) is 0 Å². The van der Waals surface area contributed by atoms with Gasteiger partial charge in [0.15, 0.2) is 0 Å². The minimum Gasteiger partial charge on any atom is -0.399 e. The molecule has 1 aromatic carbocycles. The summed E-state index contributed by atoms with van der Waals surface area (Å²) in [5, 5.41) is 0. The molecule has 2 nitrogen and oxygen atoms in total. The second-order valence-electron chi connectivity index (χ2n) is 3.59. The lowest BCUT2D eigenvalue weighted by atomic mass is 10.2. The van der Waals surface area contributed by atoms with E-state index in [1.807, 2.05) is 38.1 Å². The lowest BCUT2D eigenvalue weighted by Crippen LogP contribution is -1.94. The van der Waals surface area contributed by atoms with Crippen LogP contribution in [0.2, 0.25) is 0 Å². The van der Waals surface area contributed by atoms with Crippen LogP contribution in [0.5, 0.6) is 0 Å². The predicted molar refractivity (Wildman–Crippen MR) is 63.2 cm³/mol. The Bertz CT molecular complexity index is 324. The molecule has 0 unspecified atom stereocenters. The van der Waals surface area contributed by atoms with Crippen LogP contribution in [0, 0.1) is 0 Å². The lowest BCUT2D eigenvalue weighted by Gasteiger charge is -2.13. The van der Waals surface area contributed by atoms with Crippen molar-refractivity contribution >= 4 is 12.8 Å². The molecule has 0 spiro atoms. The highest BCUT2D eigenvalue weighted by atomic mass is 31.2. The van der Waals surface area contributed by atoms with Crippen molar-refractivity contribution in [3.63, 3.8) is 0 Å². The zero-order valence-corrected chi connectivity index (χ0v) is 9.76. The van der Waals surface area contributed by atoms with Gasteiger partial charge in [-0.05, 0) is 30.0 Å². The number of benzene rings is 1. The van der Waals surface area contributed by atoms with Crippen LogP contribution in [-0.2, 0) is 10.7 Å². The summed E-state index contributed by atoms with van der Waals surface area (Å²) < 4.78 is 12.2. The van der Waals surface area contributed by atoms with Crippen molar-refractivity contribution in [3.8, 4) is 0 Å².